The fourth-order valence-corrected chi connectivity index (χ4v) is 10.2. The number of hydrogen-bond donors (Lipinski definition) is 1. The Morgan fingerprint density at radius 2 is 0.649 bits per heavy atom. The van der Waals surface area contributed by atoms with Gasteiger partial charge in [0.15, 0.2) is 17.5 Å². The van der Waals surface area contributed by atoms with Crippen molar-refractivity contribution in [2.75, 3.05) is 0 Å². The number of nitrogens with zero attached hydrogens (tertiary/aromatic N) is 4. The van der Waals surface area contributed by atoms with E-state index >= 15 is 0 Å². The van der Waals surface area contributed by atoms with E-state index in [1.165, 1.54) is 32.7 Å². The molecule has 0 amide bonds. The predicted molar refractivity (Wildman–Crippen MR) is 306 cm³/mol. The lowest BCUT2D eigenvalue weighted by atomic mass is 9.83. The first-order valence-corrected chi connectivity index (χ1v) is 25.1. The van der Waals surface area contributed by atoms with Gasteiger partial charge in [-0.05, 0) is 88.8 Å². The molecule has 0 saturated carbocycles. The van der Waals surface area contributed by atoms with Gasteiger partial charge in [0.25, 0.3) is 0 Å². The molecule has 13 rings (SSSR count). The van der Waals surface area contributed by atoms with E-state index in [0.717, 1.165) is 78.2 Å². The summed E-state index contributed by atoms with van der Waals surface area (Å²) in [6.45, 7) is 0. The van der Waals surface area contributed by atoms with Gasteiger partial charge in [0.2, 0.25) is 0 Å². The summed E-state index contributed by atoms with van der Waals surface area (Å²) in [4.78, 5) is 20.5. The second-order valence-corrected chi connectivity index (χ2v) is 18.6. The van der Waals surface area contributed by atoms with E-state index in [1.807, 2.05) is 42.5 Å². The zero-order chi connectivity index (χ0) is 49.2. The maximum absolute atomic E-state index is 5.28. The normalized spacial score (nSPS) is 13.3. The third-order valence-electron chi connectivity index (χ3n) is 14.0. The molecule has 5 nitrogen and oxygen atoms in total. The van der Waals surface area contributed by atoms with Crippen molar-refractivity contribution in [3.8, 4) is 78.7 Å². The van der Waals surface area contributed by atoms with Crippen molar-refractivity contribution in [2.45, 2.75) is 6.17 Å². The van der Waals surface area contributed by atoms with E-state index in [9.17, 15) is 0 Å². The topological polar surface area (TPSA) is 63.1 Å². The minimum Gasteiger partial charge on any atom is -0.360 e. The lowest BCUT2D eigenvalue weighted by molar-refractivity contribution is 0.664. The van der Waals surface area contributed by atoms with Crippen LogP contribution in [0.3, 0.4) is 0 Å². The molecule has 11 aromatic carbocycles. The lowest BCUT2D eigenvalue weighted by Gasteiger charge is -2.25. The van der Waals surface area contributed by atoms with Crippen molar-refractivity contribution in [2.24, 2.45) is 4.99 Å². The zero-order valence-corrected chi connectivity index (χ0v) is 40.3. The van der Waals surface area contributed by atoms with Crippen LogP contribution in [-0.2, 0) is 0 Å². The van der Waals surface area contributed by atoms with Gasteiger partial charge in [0.1, 0.15) is 6.17 Å². The molecular formula is C69H47N5. The average Bonchev–Trinajstić information content (AvgIpc) is 3.49. The van der Waals surface area contributed by atoms with Gasteiger partial charge in [-0.1, -0.05) is 267 Å². The summed E-state index contributed by atoms with van der Waals surface area (Å²) in [5.74, 6) is 1.87. The zero-order valence-electron chi connectivity index (χ0n) is 40.3. The Morgan fingerprint density at radius 3 is 1.15 bits per heavy atom. The molecule has 0 radical (unpaired) electrons. The van der Waals surface area contributed by atoms with E-state index in [1.54, 1.807) is 0 Å². The molecule has 74 heavy (non-hydrogen) atoms. The Morgan fingerprint density at radius 1 is 0.284 bits per heavy atom. The monoisotopic (exact) mass is 945 g/mol. The highest BCUT2D eigenvalue weighted by Crippen LogP contribution is 2.46. The summed E-state index contributed by atoms with van der Waals surface area (Å²) in [6.07, 6.45) is 1.88. The first-order valence-electron chi connectivity index (χ1n) is 25.1. The van der Waals surface area contributed by atoms with E-state index in [4.69, 9.17) is 19.9 Å². The molecule has 2 heterocycles. The molecule has 1 N–H and O–H groups in total. The lowest BCUT2D eigenvalue weighted by Crippen LogP contribution is -2.24. The highest BCUT2D eigenvalue weighted by molar-refractivity contribution is 6.15. The Hall–Kier alpha value is -9.84. The van der Waals surface area contributed by atoms with Crippen molar-refractivity contribution < 1.29 is 0 Å². The smallest absolute Gasteiger partial charge is 0.164 e. The highest BCUT2D eigenvalue weighted by Gasteiger charge is 2.23. The molecule has 348 valence electrons. The number of allylic oxidation sites excluding steroid dienone is 1. The van der Waals surface area contributed by atoms with E-state index < -0.39 is 0 Å². The molecule has 1 unspecified atom stereocenters. The molecule has 0 fully saturated rings. The van der Waals surface area contributed by atoms with Crippen molar-refractivity contribution in [1.29, 1.82) is 0 Å². The highest BCUT2D eigenvalue weighted by atomic mass is 15.1. The van der Waals surface area contributed by atoms with Crippen LogP contribution in [0.25, 0.3) is 106 Å². The Balaban J connectivity index is 0.901. The number of fused-ring (bicyclic) bond motifs is 2. The van der Waals surface area contributed by atoms with Gasteiger partial charge in [0, 0.05) is 22.4 Å². The van der Waals surface area contributed by atoms with Gasteiger partial charge in [0.05, 0.1) is 5.71 Å². The van der Waals surface area contributed by atoms with Crippen molar-refractivity contribution in [3.63, 3.8) is 0 Å². The summed E-state index contributed by atoms with van der Waals surface area (Å²) in [6, 6.07) is 94.2. The third-order valence-corrected chi connectivity index (χ3v) is 14.0. The summed E-state index contributed by atoms with van der Waals surface area (Å²) < 4.78 is 0. The molecular weight excluding hydrogens is 899 g/mol. The standard InChI is InChI=1S/C69H47N5/c1-5-17-46(18-6-1)47-29-35-56(36-30-47)68-72-67(54-25-11-4-12-26-54)73-69(74-68)57-39-33-51(34-40-57)61-44-42-49-20-14-16-28-59(49)65(61)64-58-27-15-13-19-48(58)41-43-60(64)50-31-37-55(38-32-50)66-70-62(52-21-7-2-8-22-52)45-63(71-66)53-23-9-3-10-24-53/h1-45,66,70H. The van der Waals surface area contributed by atoms with Crippen LogP contribution in [0.2, 0.25) is 0 Å². The van der Waals surface area contributed by atoms with Crippen LogP contribution in [0, 0.1) is 0 Å². The molecule has 0 saturated heterocycles. The number of benzene rings is 11. The molecule has 5 heteroatoms. The van der Waals surface area contributed by atoms with Gasteiger partial charge >= 0.3 is 0 Å². The van der Waals surface area contributed by atoms with Gasteiger partial charge in [-0.15, -0.1) is 0 Å². The van der Waals surface area contributed by atoms with Crippen LogP contribution < -0.4 is 5.32 Å². The molecule has 12 aromatic rings. The largest absolute Gasteiger partial charge is 0.360 e. The van der Waals surface area contributed by atoms with Crippen molar-refractivity contribution in [3.05, 3.63) is 290 Å². The van der Waals surface area contributed by atoms with Gasteiger partial charge in [-0.25, -0.2) is 15.0 Å². The van der Waals surface area contributed by atoms with E-state index in [-0.39, 0.29) is 6.17 Å². The Labute approximate surface area is 430 Å². The number of hydrogen-bond acceptors (Lipinski definition) is 5. The summed E-state index contributed by atoms with van der Waals surface area (Å²) in [5, 5.41) is 8.49. The number of aromatic nitrogens is 3. The van der Waals surface area contributed by atoms with Crippen molar-refractivity contribution >= 4 is 33.0 Å². The van der Waals surface area contributed by atoms with Gasteiger partial charge in [-0.2, -0.15) is 0 Å². The SMILES string of the molecule is C1=C(c2ccccc2)NC(c2ccc(-c3ccc4ccccc4c3-c3c(-c4ccc(-c5nc(-c6ccccc6)nc(-c6ccc(-c7ccccc7)cc6)n5)cc4)ccc4ccccc34)cc2)N=C1c1ccccc1. The summed E-state index contributed by atoms with van der Waals surface area (Å²) in [5.41, 5.74) is 17.2. The molecule has 1 aromatic heterocycles. The minimum atomic E-state index is -0.274. The molecule has 0 bridgehead atoms. The van der Waals surface area contributed by atoms with Crippen LogP contribution >= 0.6 is 0 Å². The van der Waals surface area contributed by atoms with E-state index in [2.05, 4.69) is 236 Å². The van der Waals surface area contributed by atoms with Crippen molar-refractivity contribution in [1.82, 2.24) is 20.3 Å². The van der Waals surface area contributed by atoms with Gasteiger partial charge < -0.3 is 5.32 Å². The van der Waals surface area contributed by atoms with Gasteiger partial charge in [-0.3, -0.25) is 4.99 Å². The number of rotatable bonds is 10. The summed E-state index contributed by atoms with van der Waals surface area (Å²) >= 11 is 0. The predicted octanol–water partition coefficient (Wildman–Crippen LogP) is 17.0. The van der Waals surface area contributed by atoms with Crippen LogP contribution in [0.4, 0.5) is 0 Å². The van der Waals surface area contributed by atoms with E-state index in [0.29, 0.717) is 17.5 Å². The average molecular weight is 946 g/mol. The first kappa shape index (κ1) is 44.1. The fraction of sp³-hybridized carbons (Fsp3) is 0.0145. The van der Waals surface area contributed by atoms with Crippen LogP contribution in [-0.4, -0.2) is 20.7 Å². The Kier molecular flexibility index (Phi) is 11.6. The second-order valence-electron chi connectivity index (χ2n) is 18.6. The summed E-state index contributed by atoms with van der Waals surface area (Å²) in [7, 11) is 0. The fourth-order valence-electron chi connectivity index (χ4n) is 10.2. The molecule has 0 spiro atoms. The number of nitrogens with one attached hydrogen (secondary N) is 1. The number of aliphatic imine (C=N–C) groups is 1. The molecule has 1 atom stereocenters. The third kappa shape index (κ3) is 8.63. The Bertz CT molecular complexity index is 4040. The molecule has 1 aliphatic rings. The first-order chi connectivity index (χ1) is 36.7. The maximum Gasteiger partial charge on any atom is 0.164 e. The minimum absolute atomic E-state index is 0.274. The van der Waals surface area contributed by atoms with Crippen LogP contribution in [0.1, 0.15) is 22.9 Å². The molecule has 1 aliphatic heterocycles. The quantitative estimate of drug-likeness (QED) is 0.148. The van der Waals surface area contributed by atoms with Crippen LogP contribution in [0.15, 0.2) is 278 Å². The van der Waals surface area contributed by atoms with Crippen LogP contribution in [0.5, 0.6) is 0 Å². The maximum atomic E-state index is 5.28. The second kappa shape index (κ2) is 19.4. The molecule has 0 aliphatic carbocycles.